The summed E-state index contributed by atoms with van der Waals surface area (Å²) in [5, 5.41) is 11.1. The Morgan fingerprint density at radius 3 is 3.00 bits per heavy atom. The molecule has 0 aromatic carbocycles. The molecule has 0 atom stereocenters. The lowest BCUT2D eigenvalue weighted by atomic mass is 10.4. The second-order valence-corrected chi connectivity index (χ2v) is 4.16. The van der Waals surface area contributed by atoms with Crippen molar-refractivity contribution >= 4 is 21.7 Å². The van der Waals surface area contributed by atoms with E-state index in [0.29, 0.717) is 6.54 Å². The number of rotatable bonds is 4. The van der Waals surface area contributed by atoms with E-state index < -0.39 is 0 Å². The van der Waals surface area contributed by atoms with E-state index in [1.165, 1.54) is 0 Å². The minimum Gasteiger partial charge on any atom is -0.363 e. The summed E-state index contributed by atoms with van der Waals surface area (Å²) in [6.07, 6.45) is 3.49. The van der Waals surface area contributed by atoms with Crippen LogP contribution in [0.25, 0.3) is 0 Å². The van der Waals surface area contributed by atoms with Gasteiger partial charge in [0.2, 0.25) is 0 Å². The third-order valence-electron chi connectivity index (χ3n) is 2.19. The third kappa shape index (κ3) is 2.57. The van der Waals surface area contributed by atoms with Crippen LogP contribution in [0.2, 0.25) is 0 Å². The molecule has 2 rings (SSSR count). The van der Waals surface area contributed by atoms with Crippen molar-refractivity contribution in [3.63, 3.8) is 0 Å². The number of aromatic nitrogens is 4. The van der Waals surface area contributed by atoms with Crippen molar-refractivity contribution < 1.29 is 0 Å². The number of hydrogen-bond acceptors (Lipinski definition) is 4. The highest BCUT2D eigenvalue weighted by atomic mass is 79.9. The lowest BCUT2D eigenvalue weighted by molar-refractivity contribution is 0.707. The summed E-state index contributed by atoms with van der Waals surface area (Å²) in [5.74, 6) is 1.74. The Morgan fingerprint density at radius 2 is 2.31 bits per heavy atom. The van der Waals surface area contributed by atoms with Gasteiger partial charge >= 0.3 is 0 Å². The molecule has 0 saturated heterocycles. The van der Waals surface area contributed by atoms with Crippen LogP contribution in [0.5, 0.6) is 0 Å². The number of halogens is 1. The first-order valence-electron chi connectivity index (χ1n) is 5.01. The zero-order valence-electron chi connectivity index (χ0n) is 8.89. The van der Waals surface area contributed by atoms with Crippen LogP contribution in [0.3, 0.4) is 0 Å². The maximum Gasteiger partial charge on any atom is 0.152 e. The van der Waals surface area contributed by atoms with E-state index in [-0.39, 0.29) is 0 Å². The van der Waals surface area contributed by atoms with Crippen molar-refractivity contribution in [2.75, 3.05) is 5.32 Å². The second kappa shape index (κ2) is 5.07. The average Bonchev–Trinajstić information content (AvgIpc) is 2.76. The molecular formula is C10H12BrN5. The Kier molecular flexibility index (Phi) is 3.51. The Hall–Kier alpha value is -1.43. The molecule has 0 aliphatic carbocycles. The number of hydrogen-bond donors (Lipinski definition) is 1. The quantitative estimate of drug-likeness (QED) is 0.932. The van der Waals surface area contributed by atoms with Crippen LogP contribution < -0.4 is 5.32 Å². The van der Waals surface area contributed by atoms with Crippen LogP contribution >= 0.6 is 15.9 Å². The molecule has 0 aliphatic heterocycles. The molecule has 5 nitrogen and oxygen atoms in total. The molecule has 2 heterocycles. The number of pyridine rings is 1. The Bertz CT molecular complexity index is 450. The Balaban J connectivity index is 1.99. The van der Waals surface area contributed by atoms with E-state index in [2.05, 4.69) is 43.4 Å². The lowest BCUT2D eigenvalue weighted by Crippen LogP contribution is -2.08. The maximum atomic E-state index is 4.22. The summed E-state index contributed by atoms with van der Waals surface area (Å²) in [6, 6.07) is 3.86. The van der Waals surface area contributed by atoms with Crippen LogP contribution in [-0.2, 0) is 13.1 Å². The molecular weight excluding hydrogens is 270 g/mol. The van der Waals surface area contributed by atoms with Crippen LogP contribution in [0.1, 0.15) is 12.7 Å². The number of aryl methyl sites for hydroxylation is 1. The molecule has 84 valence electrons. The fourth-order valence-corrected chi connectivity index (χ4v) is 1.56. The summed E-state index contributed by atoms with van der Waals surface area (Å²) in [4.78, 5) is 4.22. The molecule has 0 radical (unpaired) electrons. The predicted molar refractivity (Wildman–Crippen MR) is 65.0 cm³/mol. The van der Waals surface area contributed by atoms with Crippen molar-refractivity contribution in [1.82, 2.24) is 19.7 Å². The fourth-order valence-electron chi connectivity index (χ4n) is 1.33. The molecule has 16 heavy (non-hydrogen) atoms. The van der Waals surface area contributed by atoms with Crippen molar-refractivity contribution in [2.24, 2.45) is 0 Å². The normalized spacial score (nSPS) is 10.4. The lowest BCUT2D eigenvalue weighted by Gasteiger charge is -2.05. The highest BCUT2D eigenvalue weighted by Gasteiger charge is 2.02. The third-order valence-corrected chi connectivity index (χ3v) is 2.66. The molecule has 0 spiro atoms. The second-order valence-electron chi connectivity index (χ2n) is 3.25. The molecule has 0 aliphatic rings. The van der Waals surface area contributed by atoms with E-state index in [4.69, 9.17) is 0 Å². The first-order valence-corrected chi connectivity index (χ1v) is 5.81. The molecule has 1 N–H and O–H groups in total. The van der Waals surface area contributed by atoms with Gasteiger partial charge in [-0.3, -0.25) is 0 Å². The van der Waals surface area contributed by atoms with Crippen molar-refractivity contribution in [2.45, 2.75) is 20.0 Å². The van der Waals surface area contributed by atoms with E-state index in [9.17, 15) is 0 Å². The smallest absolute Gasteiger partial charge is 0.152 e. The highest BCUT2D eigenvalue weighted by Crippen LogP contribution is 2.11. The van der Waals surface area contributed by atoms with Gasteiger partial charge < -0.3 is 9.88 Å². The molecule has 6 heteroatoms. The van der Waals surface area contributed by atoms with Crippen LogP contribution in [0.4, 0.5) is 5.82 Å². The van der Waals surface area contributed by atoms with Crippen molar-refractivity contribution in [1.29, 1.82) is 0 Å². The van der Waals surface area contributed by atoms with Gasteiger partial charge in [-0.1, -0.05) is 0 Å². The van der Waals surface area contributed by atoms with Crippen LogP contribution in [0, 0.1) is 0 Å². The van der Waals surface area contributed by atoms with Gasteiger partial charge in [-0.05, 0) is 35.0 Å². The summed E-state index contributed by atoms with van der Waals surface area (Å²) in [7, 11) is 0. The standard InChI is InChI=1S/C10H12BrN5/c1-2-16-7-14-15-10(16)6-13-9-4-3-8(11)5-12-9/h3-5,7H,2,6H2,1H3,(H,12,13). The minimum absolute atomic E-state index is 0.627. The molecule has 0 bridgehead atoms. The molecule has 0 amide bonds. The molecule has 0 unspecified atom stereocenters. The first kappa shape index (κ1) is 11.1. The number of anilines is 1. The van der Waals surface area contributed by atoms with E-state index in [1.807, 2.05) is 16.7 Å². The van der Waals surface area contributed by atoms with E-state index in [0.717, 1.165) is 22.7 Å². The Labute approximate surface area is 102 Å². The SMILES string of the molecule is CCn1cnnc1CNc1ccc(Br)cn1. The maximum absolute atomic E-state index is 4.22. The minimum atomic E-state index is 0.627. The largest absolute Gasteiger partial charge is 0.363 e. The zero-order chi connectivity index (χ0) is 11.4. The number of nitrogens with one attached hydrogen (secondary N) is 1. The molecule has 2 aromatic heterocycles. The van der Waals surface area contributed by atoms with Gasteiger partial charge in [0.15, 0.2) is 5.82 Å². The van der Waals surface area contributed by atoms with Crippen LogP contribution in [0.15, 0.2) is 29.1 Å². The summed E-state index contributed by atoms with van der Waals surface area (Å²) >= 11 is 3.34. The van der Waals surface area contributed by atoms with Gasteiger partial charge in [-0.2, -0.15) is 0 Å². The van der Waals surface area contributed by atoms with E-state index in [1.54, 1.807) is 12.5 Å². The van der Waals surface area contributed by atoms with Gasteiger partial charge in [-0.15, -0.1) is 10.2 Å². The van der Waals surface area contributed by atoms with Crippen LogP contribution in [-0.4, -0.2) is 19.7 Å². The van der Waals surface area contributed by atoms with Gasteiger partial charge in [0, 0.05) is 17.2 Å². The molecule has 0 fully saturated rings. The number of nitrogens with zero attached hydrogens (tertiary/aromatic N) is 4. The summed E-state index contributed by atoms with van der Waals surface area (Å²) in [6.45, 7) is 3.56. The zero-order valence-corrected chi connectivity index (χ0v) is 10.5. The van der Waals surface area contributed by atoms with E-state index >= 15 is 0 Å². The summed E-state index contributed by atoms with van der Waals surface area (Å²) in [5.41, 5.74) is 0. The molecule has 0 saturated carbocycles. The highest BCUT2D eigenvalue weighted by molar-refractivity contribution is 9.10. The van der Waals surface area contributed by atoms with Gasteiger partial charge in [0.25, 0.3) is 0 Å². The van der Waals surface area contributed by atoms with Crippen molar-refractivity contribution in [3.05, 3.63) is 35.0 Å². The topological polar surface area (TPSA) is 55.6 Å². The predicted octanol–water partition coefficient (Wildman–Crippen LogP) is 2.07. The van der Waals surface area contributed by atoms with Crippen molar-refractivity contribution in [3.8, 4) is 0 Å². The van der Waals surface area contributed by atoms with Gasteiger partial charge in [-0.25, -0.2) is 4.98 Å². The molecule has 2 aromatic rings. The summed E-state index contributed by atoms with van der Waals surface area (Å²) < 4.78 is 2.96. The monoisotopic (exact) mass is 281 g/mol. The van der Waals surface area contributed by atoms with Gasteiger partial charge in [0.05, 0.1) is 6.54 Å². The average molecular weight is 282 g/mol. The Morgan fingerprint density at radius 1 is 1.44 bits per heavy atom. The van der Waals surface area contributed by atoms with Gasteiger partial charge in [0.1, 0.15) is 12.1 Å². The fraction of sp³-hybridized carbons (Fsp3) is 0.300. The first-order chi connectivity index (χ1) is 7.79.